The van der Waals surface area contributed by atoms with Gasteiger partial charge in [-0.2, -0.15) is 0 Å². The van der Waals surface area contributed by atoms with Crippen molar-refractivity contribution in [3.05, 3.63) is 23.8 Å². The zero-order valence-electron chi connectivity index (χ0n) is 11.1. The van der Waals surface area contributed by atoms with Crippen LogP contribution in [-0.2, 0) is 6.61 Å². The van der Waals surface area contributed by atoms with Crippen LogP contribution in [0.4, 0.5) is 11.4 Å². The molecular weight excluding hydrogens is 212 g/mol. The molecule has 0 unspecified atom stereocenters. The zero-order chi connectivity index (χ0) is 12.6. The molecule has 3 nitrogen and oxygen atoms in total. The Balaban J connectivity index is 2.58. The van der Waals surface area contributed by atoms with Crippen LogP contribution in [0.1, 0.15) is 33.3 Å². The third kappa shape index (κ3) is 2.00. The molecule has 1 heterocycles. The van der Waals surface area contributed by atoms with Crippen molar-refractivity contribution in [2.45, 2.75) is 45.9 Å². The molecule has 1 aromatic rings. The van der Waals surface area contributed by atoms with Gasteiger partial charge in [0.15, 0.2) is 0 Å². The summed E-state index contributed by atoms with van der Waals surface area (Å²) >= 11 is 0. The summed E-state index contributed by atoms with van der Waals surface area (Å²) < 4.78 is 0. The second-order valence-electron chi connectivity index (χ2n) is 5.60. The predicted molar refractivity (Wildman–Crippen MR) is 72.5 cm³/mol. The third-order valence-electron chi connectivity index (χ3n) is 3.41. The lowest BCUT2D eigenvalue weighted by molar-refractivity contribution is 0.281. The lowest BCUT2D eigenvalue weighted by Crippen LogP contribution is -2.55. The maximum atomic E-state index is 9.51. The van der Waals surface area contributed by atoms with Crippen LogP contribution >= 0.6 is 0 Å². The summed E-state index contributed by atoms with van der Waals surface area (Å²) in [6.07, 6.45) is 0. The van der Waals surface area contributed by atoms with Gasteiger partial charge in [0.1, 0.15) is 0 Å². The number of aliphatic hydroxyl groups is 1. The Kier molecular flexibility index (Phi) is 3.04. The van der Waals surface area contributed by atoms with Gasteiger partial charge in [-0.05, 0) is 33.8 Å². The van der Waals surface area contributed by atoms with E-state index in [1.54, 1.807) is 0 Å². The first kappa shape index (κ1) is 12.2. The molecule has 0 aromatic heterocycles. The number of nitrogens with zero attached hydrogens (tertiary/aromatic N) is 1. The minimum atomic E-state index is 0.0619. The lowest BCUT2D eigenvalue weighted by Gasteiger charge is -2.48. The molecule has 0 spiro atoms. The van der Waals surface area contributed by atoms with Crippen LogP contribution in [0.15, 0.2) is 18.2 Å². The molecule has 2 N–H and O–H groups in total. The zero-order valence-corrected chi connectivity index (χ0v) is 11.1. The maximum Gasteiger partial charge on any atom is 0.0702 e. The van der Waals surface area contributed by atoms with Crippen LogP contribution < -0.4 is 10.2 Å². The molecule has 2 rings (SSSR count). The molecule has 0 bridgehead atoms. The van der Waals surface area contributed by atoms with Gasteiger partial charge in [-0.1, -0.05) is 12.1 Å². The van der Waals surface area contributed by atoms with Crippen molar-refractivity contribution in [2.75, 3.05) is 16.8 Å². The minimum Gasteiger partial charge on any atom is -0.392 e. The van der Waals surface area contributed by atoms with Gasteiger partial charge in [0.25, 0.3) is 0 Å². The second kappa shape index (κ2) is 4.22. The fourth-order valence-corrected chi connectivity index (χ4v) is 2.80. The highest BCUT2D eigenvalue weighted by Gasteiger charge is 2.35. The number of anilines is 2. The molecule has 0 saturated carbocycles. The Morgan fingerprint density at radius 1 is 1.41 bits per heavy atom. The summed E-state index contributed by atoms with van der Waals surface area (Å²) in [5.74, 6) is 0. The van der Waals surface area contributed by atoms with Gasteiger partial charge in [-0.15, -0.1) is 0 Å². The average molecular weight is 234 g/mol. The fourth-order valence-electron chi connectivity index (χ4n) is 2.80. The molecule has 1 aliphatic rings. The minimum absolute atomic E-state index is 0.0619. The van der Waals surface area contributed by atoms with E-state index in [2.05, 4.69) is 44.0 Å². The van der Waals surface area contributed by atoms with E-state index in [1.165, 1.54) is 0 Å². The average Bonchev–Trinajstić information content (AvgIpc) is 2.26. The number of rotatable bonds is 2. The number of hydrogen-bond acceptors (Lipinski definition) is 3. The van der Waals surface area contributed by atoms with E-state index in [0.29, 0.717) is 6.04 Å². The van der Waals surface area contributed by atoms with Gasteiger partial charge in [0.2, 0.25) is 0 Å². The van der Waals surface area contributed by atoms with Gasteiger partial charge in [0, 0.05) is 18.2 Å². The van der Waals surface area contributed by atoms with Crippen LogP contribution in [0, 0.1) is 0 Å². The van der Waals surface area contributed by atoms with Crippen LogP contribution in [0.5, 0.6) is 0 Å². The van der Waals surface area contributed by atoms with Gasteiger partial charge in [0.05, 0.1) is 23.5 Å². The molecule has 3 heteroatoms. The number of para-hydroxylation sites is 1. The van der Waals surface area contributed by atoms with Crippen LogP contribution in [-0.4, -0.2) is 23.2 Å². The summed E-state index contributed by atoms with van der Waals surface area (Å²) in [4.78, 5) is 2.41. The Bertz CT molecular complexity index is 398. The summed E-state index contributed by atoms with van der Waals surface area (Å²) in [5, 5.41) is 13.0. The number of hydrogen-bond donors (Lipinski definition) is 2. The Morgan fingerprint density at radius 2 is 2.12 bits per heavy atom. The van der Waals surface area contributed by atoms with E-state index in [4.69, 9.17) is 0 Å². The highest BCUT2D eigenvalue weighted by molar-refractivity contribution is 5.77. The molecule has 0 atom stereocenters. The van der Waals surface area contributed by atoms with E-state index >= 15 is 0 Å². The quantitative estimate of drug-likeness (QED) is 0.825. The first-order valence-corrected chi connectivity index (χ1v) is 6.23. The Hall–Kier alpha value is -1.22. The smallest absolute Gasteiger partial charge is 0.0702 e. The van der Waals surface area contributed by atoms with Crippen molar-refractivity contribution in [3.8, 4) is 0 Å². The first-order chi connectivity index (χ1) is 7.97. The topological polar surface area (TPSA) is 35.5 Å². The van der Waals surface area contributed by atoms with Crippen LogP contribution in [0.25, 0.3) is 0 Å². The molecular formula is C14H22N2O. The van der Waals surface area contributed by atoms with Gasteiger partial charge in [-0.25, -0.2) is 0 Å². The van der Waals surface area contributed by atoms with E-state index < -0.39 is 0 Å². The Labute approximate surface area is 103 Å². The summed E-state index contributed by atoms with van der Waals surface area (Å²) in [6.45, 7) is 9.88. The molecule has 94 valence electrons. The standard InChI is InChI=1S/C14H22N2O/c1-10(2)16-13-11(8-17)6-5-7-12(13)15-9-14(16,3)4/h5-7,10,15,17H,8-9H2,1-4H3. The molecule has 0 saturated heterocycles. The lowest BCUT2D eigenvalue weighted by atomic mass is 9.93. The van der Waals surface area contributed by atoms with Crippen molar-refractivity contribution < 1.29 is 5.11 Å². The number of benzene rings is 1. The monoisotopic (exact) mass is 234 g/mol. The highest BCUT2D eigenvalue weighted by Crippen LogP contribution is 2.40. The fraction of sp³-hybridized carbons (Fsp3) is 0.571. The van der Waals surface area contributed by atoms with Crippen molar-refractivity contribution in [1.29, 1.82) is 0 Å². The Morgan fingerprint density at radius 3 is 2.71 bits per heavy atom. The van der Waals surface area contributed by atoms with Crippen molar-refractivity contribution in [3.63, 3.8) is 0 Å². The SMILES string of the molecule is CC(C)N1c2c(CO)cccc2NCC1(C)C. The predicted octanol–water partition coefficient (Wildman–Crippen LogP) is 2.60. The van der Waals surface area contributed by atoms with Gasteiger partial charge >= 0.3 is 0 Å². The number of aliphatic hydroxyl groups excluding tert-OH is 1. The molecule has 1 aromatic carbocycles. The third-order valence-corrected chi connectivity index (χ3v) is 3.41. The number of fused-ring (bicyclic) bond motifs is 1. The molecule has 1 aliphatic heterocycles. The molecule has 0 fully saturated rings. The van der Waals surface area contributed by atoms with Crippen LogP contribution in [0.3, 0.4) is 0 Å². The van der Waals surface area contributed by atoms with Gasteiger partial charge < -0.3 is 15.3 Å². The normalized spacial score (nSPS) is 17.9. The highest BCUT2D eigenvalue weighted by atomic mass is 16.3. The van der Waals surface area contributed by atoms with Crippen molar-refractivity contribution in [1.82, 2.24) is 0 Å². The van der Waals surface area contributed by atoms with E-state index in [-0.39, 0.29) is 12.1 Å². The summed E-state index contributed by atoms with van der Waals surface area (Å²) in [5.41, 5.74) is 3.34. The van der Waals surface area contributed by atoms with E-state index in [0.717, 1.165) is 23.5 Å². The second-order valence-corrected chi connectivity index (χ2v) is 5.60. The van der Waals surface area contributed by atoms with E-state index in [1.807, 2.05) is 12.1 Å². The molecule has 0 aliphatic carbocycles. The van der Waals surface area contributed by atoms with Crippen LogP contribution in [0.2, 0.25) is 0 Å². The maximum absolute atomic E-state index is 9.51. The number of nitrogens with one attached hydrogen (secondary N) is 1. The van der Waals surface area contributed by atoms with E-state index in [9.17, 15) is 5.11 Å². The molecule has 0 amide bonds. The largest absolute Gasteiger partial charge is 0.392 e. The summed E-state index contributed by atoms with van der Waals surface area (Å²) in [6, 6.07) is 6.49. The molecule has 17 heavy (non-hydrogen) atoms. The van der Waals surface area contributed by atoms with Crippen molar-refractivity contribution >= 4 is 11.4 Å². The van der Waals surface area contributed by atoms with Crippen molar-refractivity contribution in [2.24, 2.45) is 0 Å². The first-order valence-electron chi connectivity index (χ1n) is 6.23. The summed E-state index contributed by atoms with van der Waals surface area (Å²) in [7, 11) is 0. The molecule has 0 radical (unpaired) electrons. The van der Waals surface area contributed by atoms with Gasteiger partial charge in [-0.3, -0.25) is 0 Å².